The molecule has 2 fully saturated rings. The van der Waals surface area contributed by atoms with Crippen LogP contribution in [0.5, 0.6) is 5.75 Å². The number of carboxylic acids is 1. The lowest BCUT2D eigenvalue weighted by Crippen LogP contribution is -2.58. The van der Waals surface area contributed by atoms with E-state index in [0.717, 1.165) is 17.6 Å². The second-order valence-corrected chi connectivity index (χ2v) is 9.45. The Labute approximate surface area is 174 Å². The zero-order valence-electron chi connectivity index (χ0n) is 18.2. The number of hydrogen-bond acceptors (Lipinski definition) is 3. The number of nitrogens with zero attached hydrogens (tertiary/aromatic N) is 1. The molecule has 1 saturated heterocycles. The van der Waals surface area contributed by atoms with Gasteiger partial charge in [-0.15, -0.1) is 0 Å². The molecule has 0 spiro atoms. The summed E-state index contributed by atoms with van der Waals surface area (Å²) in [6.45, 7) is 11.2. The summed E-state index contributed by atoms with van der Waals surface area (Å²) in [5.41, 5.74) is 4.21. The lowest BCUT2D eigenvalue weighted by Gasteiger charge is -2.54. The molecule has 1 aromatic rings. The van der Waals surface area contributed by atoms with Crippen LogP contribution in [0, 0.1) is 11.8 Å². The van der Waals surface area contributed by atoms with Crippen molar-refractivity contribution in [3.8, 4) is 5.75 Å². The van der Waals surface area contributed by atoms with E-state index in [2.05, 4.69) is 24.8 Å². The van der Waals surface area contributed by atoms with Gasteiger partial charge in [-0.25, -0.2) is 4.79 Å². The van der Waals surface area contributed by atoms with Gasteiger partial charge in [-0.3, -0.25) is 4.90 Å². The maximum atomic E-state index is 9.86. The number of phenolic OH excluding ortho intramolecular Hbond substituents is 1. The Bertz CT molecular complexity index is 804. The number of benzene rings is 1. The van der Waals surface area contributed by atoms with Crippen molar-refractivity contribution < 1.29 is 15.0 Å². The molecule has 2 aliphatic carbocycles. The van der Waals surface area contributed by atoms with Gasteiger partial charge in [0.2, 0.25) is 0 Å². The first-order valence-corrected chi connectivity index (χ1v) is 10.8. The van der Waals surface area contributed by atoms with Crippen LogP contribution in [0.2, 0.25) is 0 Å². The van der Waals surface area contributed by atoms with E-state index in [0.29, 0.717) is 17.7 Å². The van der Waals surface area contributed by atoms with Crippen LogP contribution in [-0.4, -0.2) is 40.2 Å². The molecular weight excluding hydrogens is 362 g/mol. The quantitative estimate of drug-likeness (QED) is 0.559. The van der Waals surface area contributed by atoms with E-state index in [1.807, 2.05) is 26.0 Å². The average Bonchev–Trinajstić information content (AvgIpc) is 3.45. The molecule has 2 N–H and O–H groups in total. The Morgan fingerprint density at radius 3 is 2.66 bits per heavy atom. The number of phenols is 1. The standard InChI is InChI=1S/C18H25NO.C7H10O2/c1-12-17-9-14-5-6-15(20)10-16(14)18(12,2)7-8-19(17)11-13-3-4-13;1-6(2)4-3-5-7(8)9/h5-6,10,12-13,17,20H,3-4,7-9,11H2,1-2H3;3-5H,1-2H3,(H,8,9)/b;5-3+. The maximum absolute atomic E-state index is 9.86. The molecule has 3 unspecified atom stereocenters. The van der Waals surface area contributed by atoms with Gasteiger partial charge in [0.25, 0.3) is 0 Å². The second kappa shape index (κ2) is 8.74. The number of likely N-dealkylation sites (tertiary alicyclic amines) is 1. The number of fused-ring (bicyclic) bond motifs is 4. The number of piperidine rings is 1. The van der Waals surface area contributed by atoms with E-state index in [9.17, 15) is 9.90 Å². The molecule has 158 valence electrons. The topological polar surface area (TPSA) is 60.8 Å². The molecule has 4 rings (SSSR count). The number of rotatable bonds is 4. The van der Waals surface area contributed by atoms with Crippen LogP contribution in [0.15, 0.2) is 42.0 Å². The van der Waals surface area contributed by atoms with E-state index < -0.39 is 5.97 Å². The lowest BCUT2D eigenvalue weighted by molar-refractivity contribution is -0.131. The molecule has 1 heterocycles. The minimum atomic E-state index is -0.910. The van der Waals surface area contributed by atoms with Gasteiger partial charge in [0.15, 0.2) is 0 Å². The fourth-order valence-corrected chi connectivity index (χ4v) is 4.88. The fraction of sp³-hybridized carbons (Fsp3) is 0.560. The number of allylic oxidation sites excluding steroid dienone is 3. The van der Waals surface area contributed by atoms with E-state index in [-0.39, 0.29) is 5.41 Å². The number of carbonyl (C=O) groups is 1. The van der Waals surface area contributed by atoms with Crippen LogP contribution in [0.4, 0.5) is 0 Å². The van der Waals surface area contributed by atoms with Gasteiger partial charge in [0.05, 0.1) is 0 Å². The summed E-state index contributed by atoms with van der Waals surface area (Å²) < 4.78 is 0. The fourth-order valence-electron chi connectivity index (χ4n) is 4.88. The number of hydrogen-bond donors (Lipinski definition) is 2. The van der Waals surface area contributed by atoms with Gasteiger partial charge in [-0.2, -0.15) is 0 Å². The molecular formula is C25H35NO3. The first kappa shape index (κ1) is 21.6. The van der Waals surface area contributed by atoms with E-state index in [1.54, 1.807) is 6.08 Å². The highest BCUT2D eigenvalue weighted by atomic mass is 16.4. The molecule has 1 aromatic carbocycles. The largest absolute Gasteiger partial charge is 0.508 e. The Hall–Kier alpha value is -2.07. The van der Waals surface area contributed by atoms with Gasteiger partial charge < -0.3 is 10.2 Å². The van der Waals surface area contributed by atoms with Gasteiger partial charge in [0, 0.05) is 18.7 Å². The molecule has 1 aliphatic heterocycles. The van der Waals surface area contributed by atoms with Crippen molar-refractivity contribution in [3.05, 3.63) is 53.1 Å². The van der Waals surface area contributed by atoms with Crippen LogP contribution in [0.1, 0.15) is 58.1 Å². The molecule has 0 radical (unpaired) electrons. The van der Waals surface area contributed by atoms with Crippen LogP contribution in [0.25, 0.3) is 0 Å². The molecule has 3 aliphatic rings. The third kappa shape index (κ3) is 5.11. The zero-order chi connectivity index (χ0) is 21.2. The Balaban J connectivity index is 0.000000229. The monoisotopic (exact) mass is 397 g/mol. The summed E-state index contributed by atoms with van der Waals surface area (Å²) >= 11 is 0. The number of carboxylic acid groups (broad SMARTS) is 1. The summed E-state index contributed by atoms with van der Waals surface area (Å²) in [6, 6.07) is 6.74. The average molecular weight is 398 g/mol. The van der Waals surface area contributed by atoms with E-state index >= 15 is 0 Å². The van der Waals surface area contributed by atoms with Crippen LogP contribution < -0.4 is 0 Å². The van der Waals surface area contributed by atoms with Crippen molar-refractivity contribution in [3.63, 3.8) is 0 Å². The number of aromatic hydroxyl groups is 1. The Morgan fingerprint density at radius 2 is 2.03 bits per heavy atom. The highest BCUT2D eigenvalue weighted by Crippen LogP contribution is 2.49. The summed E-state index contributed by atoms with van der Waals surface area (Å²) in [7, 11) is 0. The minimum absolute atomic E-state index is 0.247. The highest BCUT2D eigenvalue weighted by Gasteiger charge is 2.48. The molecule has 4 nitrogen and oxygen atoms in total. The molecule has 1 saturated carbocycles. The zero-order valence-corrected chi connectivity index (χ0v) is 18.2. The normalized spacial score (nSPS) is 28.3. The van der Waals surface area contributed by atoms with Crippen molar-refractivity contribution in [1.82, 2.24) is 4.90 Å². The molecule has 4 heteroatoms. The Morgan fingerprint density at radius 1 is 1.31 bits per heavy atom. The first-order chi connectivity index (χ1) is 13.7. The predicted octanol–water partition coefficient (Wildman–Crippen LogP) is 4.92. The second-order valence-electron chi connectivity index (χ2n) is 9.45. The first-order valence-electron chi connectivity index (χ1n) is 10.8. The molecule has 29 heavy (non-hydrogen) atoms. The van der Waals surface area contributed by atoms with Crippen molar-refractivity contribution in [2.45, 2.75) is 64.8 Å². The van der Waals surface area contributed by atoms with Gasteiger partial charge in [-0.05, 0) is 86.6 Å². The molecule has 3 atom stereocenters. The summed E-state index contributed by atoms with van der Waals surface area (Å²) in [5.74, 6) is 1.18. The molecule has 0 aromatic heterocycles. The van der Waals surface area contributed by atoms with Crippen LogP contribution in [-0.2, 0) is 16.6 Å². The third-order valence-corrected chi connectivity index (χ3v) is 6.97. The van der Waals surface area contributed by atoms with Crippen molar-refractivity contribution in [2.75, 3.05) is 13.1 Å². The van der Waals surface area contributed by atoms with Gasteiger partial charge in [-0.1, -0.05) is 37.6 Å². The third-order valence-electron chi connectivity index (χ3n) is 6.97. The Kier molecular flexibility index (Phi) is 6.52. The molecule has 2 bridgehead atoms. The highest BCUT2D eigenvalue weighted by molar-refractivity contribution is 5.80. The summed E-state index contributed by atoms with van der Waals surface area (Å²) in [5, 5.41) is 18.0. The van der Waals surface area contributed by atoms with Crippen LogP contribution >= 0.6 is 0 Å². The van der Waals surface area contributed by atoms with Gasteiger partial charge >= 0.3 is 5.97 Å². The summed E-state index contributed by atoms with van der Waals surface area (Å²) in [4.78, 5) is 12.6. The van der Waals surface area contributed by atoms with E-state index in [4.69, 9.17) is 5.11 Å². The summed E-state index contributed by atoms with van der Waals surface area (Å²) in [6.07, 6.45) is 9.64. The minimum Gasteiger partial charge on any atom is -0.508 e. The lowest BCUT2D eigenvalue weighted by atomic mass is 9.59. The smallest absolute Gasteiger partial charge is 0.328 e. The van der Waals surface area contributed by atoms with Crippen molar-refractivity contribution in [1.29, 1.82) is 0 Å². The predicted molar refractivity (Wildman–Crippen MR) is 117 cm³/mol. The SMILES string of the molecule is CC(C)=C/C=C/C(=O)O.CC1C2Cc3ccc(O)cc3C1(C)CCN2CC1CC1. The molecule has 0 amide bonds. The maximum Gasteiger partial charge on any atom is 0.328 e. The van der Waals surface area contributed by atoms with Crippen molar-refractivity contribution in [2.24, 2.45) is 11.8 Å². The van der Waals surface area contributed by atoms with Crippen LogP contribution in [0.3, 0.4) is 0 Å². The van der Waals surface area contributed by atoms with Crippen molar-refractivity contribution >= 4 is 5.97 Å². The number of aliphatic carboxylic acids is 1. The van der Waals surface area contributed by atoms with E-state index in [1.165, 1.54) is 56.0 Å². The van der Waals surface area contributed by atoms with Gasteiger partial charge in [0.1, 0.15) is 5.75 Å².